The van der Waals surface area contributed by atoms with Gasteiger partial charge in [-0.2, -0.15) is 0 Å². The zero-order valence-electron chi connectivity index (χ0n) is 12.3. The minimum Gasteiger partial charge on any atom is -0.392 e. The SMILES string of the molecule is Cc1ccc(CO)cc1NC(=O)CSCc1ccc(Cl)cc1. The van der Waals surface area contributed by atoms with Crippen molar-refractivity contribution in [1.29, 1.82) is 0 Å². The van der Waals surface area contributed by atoms with Gasteiger partial charge >= 0.3 is 0 Å². The number of thioether (sulfide) groups is 1. The summed E-state index contributed by atoms with van der Waals surface area (Å²) in [7, 11) is 0. The predicted molar refractivity (Wildman–Crippen MR) is 93.3 cm³/mol. The van der Waals surface area contributed by atoms with Crippen molar-refractivity contribution in [2.45, 2.75) is 19.3 Å². The molecule has 2 aromatic rings. The summed E-state index contributed by atoms with van der Waals surface area (Å²) < 4.78 is 0. The van der Waals surface area contributed by atoms with Gasteiger partial charge in [0.25, 0.3) is 0 Å². The van der Waals surface area contributed by atoms with Gasteiger partial charge in [-0.1, -0.05) is 35.9 Å². The summed E-state index contributed by atoms with van der Waals surface area (Å²) in [4.78, 5) is 12.0. The molecule has 0 aliphatic carbocycles. The number of nitrogens with one attached hydrogen (secondary N) is 1. The second-order valence-electron chi connectivity index (χ2n) is 4.97. The number of hydrogen-bond donors (Lipinski definition) is 2. The van der Waals surface area contributed by atoms with Crippen LogP contribution in [0, 0.1) is 6.92 Å². The minimum absolute atomic E-state index is 0.0333. The van der Waals surface area contributed by atoms with E-state index in [1.807, 2.05) is 43.3 Å². The van der Waals surface area contributed by atoms with E-state index < -0.39 is 0 Å². The Morgan fingerprint density at radius 3 is 2.55 bits per heavy atom. The molecule has 0 saturated heterocycles. The molecule has 22 heavy (non-hydrogen) atoms. The van der Waals surface area contributed by atoms with Gasteiger partial charge in [0.1, 0.15) is 0 Å². The Hall–Kier alpha value is -1.49. The highest BCUT2D eigenvalue weighted by Gasteiger charge is 2.06. The number of halogens is 1. The third-order valence-electron chi connectivity index (χ3n) is 3.17. The third-order valence-corrected chi connectivity index (χ3v) is 4.43. The van der Waals surface area contributed by atoms with Gasteiger partial charge in [0.2, 0.25) is 5.91 Å². The number of carbonyl (C=O) groups excluding carboxylic acids is 1. The van der Waals surface area contributed by atoms with E-state index in [2.05, 4.69) is 5.32 Å². The number of rotatable bonds is 6. The van der Waals surface area contributed by atoms with Crippen LogP contribution in [0.3, 0.4) is 0 Å². The lowest BCUT2D eigenvalue weighted by atomic mass is 10.1. The van der Waals surface area contributed by atoms with Gasteiger partial charge in [0.05, 0.1) is 12.4 Å². The lowest BCUT2D eigenvalue weighted by Gasteiger charge is -2.10. The quantitative estimate of drug-likeness (QED) is 0.838. The smallest absolute Gasteiger partial charge is 0.234 e. The van der Waals surface area contributed by atoms with Crippen molar-refractivity contribution in [3.8, 4) is 0 Å². The first-order valence-electron chi connectivity index (χ1n) is 6.91. The Balaban J connectivity index is 1.84. The van der Waals surface area contributed by atoms with Gasteiger partial charge in [-0.25, -0.2) is 0 Å². The van der Waals surface area contributed by atoms with E-state index in [1.54, 1.807) is 17.8 Å². The maximum absolute atomic E-state index is 12.0. The molecular weight excluding hydrogens is 318 g/mol. The van der Waals surface area contributed by atoms with E-state index in [4.69, 9.17) is 16.7 Å². The van der Waals surface area contributed by atoms with E-state index in [0.717, 1.165) is 28.1 Å². The number of carbonyl (C=O) groups is 1. The summed E-state index contributed by atoms with van der Waals surface area (Å²) in [5, 5.41) is 12.7. The van der Waals surface area contributed by atoms with Crippen molar-refractivity contribution in [1.82, 2.24) is 0 Å². The monoisotopic (exact) mass is 335 g/mol. The van der Waals surface area contributed by atoms with E-state index in [1.165, 1.54) is 0 Å². The first-order valence-corrected chi connectivity index (χ1v) is 8.44. The van der Waals surface area contributed by atoms with E-state index >= 15 is 0 Å². The molecule has 0 unspecified atom stereocenters. The van der Waals surface area contributed by atoms with Crippen molar-refractivity contribution < 1.29 is 9.90 Å². The fourth-order valence-electron chi connectivity index (χ4n) is 1.93. The van der Waals surface area contributed by atoms with Gasteiger partial charge in [0.15, 0.2) is 0 Å². The van der Waals surface area contributed by atoms with E-state index in [9.17, 15) is 4.79 Å². The molecule has 2 aromatic carbocycles. The van der Waals surface area contributed by atoms with E-state index in [-0.39, 0.29) is 12.5 Å². The lowest BCUT2D eigenvalue weighted by Crippen LogP contribution is -2.15. The summed E-state index contributed by atoms with van der Waals surface area (Å²) in [6, 6.07) is 13.2. The van der Waals surface area contributed by atoms with Crippen LogP contribution in [-0.2, 0) is 17.2 Å². The molecule has 0 aliphatic heterocycles. The molecule has 0 aliphatic rings. The topological polar surface area (TPSA) is 49.3 Å². The Labute approximate surface area is 139 Å². The van der Waals surface area contributed by atoms with Crippen molar-refractivity contribution in [2.24, 2.45) is 0 Å². The predicted octanol–water partition coefficient (Wildman–Crippen LogP) is 4.01. The molecule has 0 saturated carbocycles. The van der Waals surface area contributed by atoms with Crippen LogP contribution in [-0.4, -0.2) is 16.8 Å². The summed E-state index contributed by atoms with van der Waals surface area (Å²) in [6.07, 6.45) is 0. The highest BCUT2D eigenvalue weighted by Crippen LogP contribution is 2.19. The number of anilines is 1. The summed E-state index contributed by atoms with van der Waals surface area (Å²) in [6.45, 7) is 1.89. The molecule has 0 aromatic heterocycles. The van der Waals surface area contributed by atoms with E-state index in [0.29, 0.717) is 10.8 Å². The molecule has 0 spiro atoms. The molecule has 5 heteroatoms. The number of amides is 1. The third kappa shape index (κ3) is 5.05. The van der Waals surface area contributed by atoms with Crippen molar-refractivity contribution in [3.05, 3.63) is 64.2 Å². The second kappa shape index (κ2) is 8.22. The first-order chi connectivity index (χ1) is 10.6. The highest BCUT2D eigenvalue weighted by molar-refractivity contribution is 7.99. The van der Waals surface area contributed by atoms with Crippen LogP contribution in [0.5, 0.6) is 0 Å². The largest absolute Gasteiger partial charge is 0.392 e. The average molecular weight is 336 g/mol. The second-order valence-corrected chi connectivity index (χ2v) is 6.40. The normalized spacial score (nSPS) is 10.5. The zero-order valence-corrected chi connectivity index (χ0v) is 13.9. The Morgan fingerprint density at radius 1 is 1.18 bits per heavy atom. The minimum atomic E-state index is -0.0443. The van der Waals surface area contributed by atoms with Gasteiger partial charge in [-0.3, -0.25) is 4.79 Å². The van der Waals surface area contributed by atoms with Gasteiger partial charge in [-0.05, 0) is 41.8 Å². The first kappa shape index (κ1) is 16.9. The maximum atomic E-state index is 12.0. The zero-order chi connectivity index (χ0) is 15.9. The summed E-state index contributed by atoms with van der Waals surface area (Å²) in [5.74, 6) is 1.10. The highest BCUT2D eigenvalue weighted by atomic mass is 35.5. The number of aliphatic hydroxyl groups is 1. The average Bonchev–Trinajstić information content (AvgIpc) is 2.51. The lowest BCUT2D eigenvalue weighted by molar-refractivity contribution is -0.113. The molecule has 116 valence electrons. The Kier molecular flexibility index (Phi) is 6.31. The fraction of sp³-hybridized carbons (Fsp3) is 0.235. The van der Waals surface area contributed by atoms with Gasteiger partial charge in [0, 0.05) is 16.5 Å². The molecule has 0 heterocycles. The van der Waals surface area contributed by atoms with Crippen molar-refractivity contribution in [2.75, 3.05) is 11.1 Å². The molecular formula is C17H18ClNO2S. The molecule has 0 bridgehead atoms. The molecule has 0 radical (unpaired) electrons. The van der Waals surface area contributed by atoms with Crippen molar-refractivity contribution >= 4 is 35.0 Å². The standard InChI is InChI=1S/C17H18ClNO2S/c1-12-2-3-14(9-20)8-16(12)19-17(21)11-22-10-13-4-6-15(18)7-5-13/h2-8,20H,9-11H2,1H3,(H,19,21). The van der Waals surface area contributed by atoms with Crippen LogP contribution in [0.15, 0.2) is 42.5 Å². The molecule has 2 N–H and O–H groups in total. The summed E-state index contributed by atoms with van der Waals surface area (Å²) >= 11 is 7.39. The molecule has 3 nitrogen and oxygen atoms in total. The van der Waals surface area contributed by atoms with Crippen LogP contribution in [0.1, 0.15) is 16.7 Å². The number of hydrogen-bond acceptors (Lipinski definition) is 3. The van der Waals surface area contributed by atoms with Crippen molar-refractivity contribution in [3.63, 3.8) is 0 Å². The Bertz CT molecular complexity index is 644. The van der Waals surface area contributed by atoms with Gasteiger partial charge in [-0.15, -0.1) is 11.8 Å². The van der Waals surface area contributed by atoms with Crippen LogP contribution >= 0.6 is 23.4 Å². The molecule has 2 rings (SSSR count). The number of benzene rings is 2. The molecule has 0 atom stereocenters. The maximum Gasteiger partial charge on any atom is 0.234 e. The van der Waals surface area contributed by atoms with Crippen LogP contribution < -0.4 is 5.32 Å². The fourth-order valence-corrected chi connectivity index (χ4v) is 2.84. The van der Waals surface area contributed by atoms with Crippen LogP contribution in [0.25, 0.3) is 0 Å². The molecule has 0 fully saturated rings. The van der Waals surface area contributed by atoms with Gasteiger partial charge < -0.3 is 10.4 Å². The summed E-state index contributed by atoms with van der Waals surface area (Å²) in [5.41, 5.74) is 3.66. The number of aryl methyl sites for hydroxylation is 1. The Morgan fingerprint density at radius 2 is 1.86 bits per heavy atom. The van der Waals surface area contributed by atoms with Crippen LogP contribution in [0.2, 0.25) is 5.02 Å². The van der Waals surface area contributed by atoms with Crippen LogP contribution in [0.4, 0.5) is 5.69 Å². The number of aliphatic hydroxyl groups excluding tert-OH is 1. The molecule has 1 amide bonds.